The van der Waals surface area contributed by atoms with Gasteiger partial charge in [0.2, 0.25) is 0 Å². The van der Waals surface area contributed by atoms with E-state index in [1.54, 1.807) is 4.90 Å². The number of imidazole rings is 1. The Morgan fingerprint density at radius 1 is 1.33 bits per heavy atom. The lowest BCUT2D eigenvalue weighted by molar-refractivity contribution is 0.0299. The van der Waals surface area contributed by atoms with E-state index in [4.69, 9.17) is 4.74 Å². The van der Waals surface area contributed by atoms with E-state index >= 15 is 0 Å². The molecule has 3 heterocycles. The summed E-state index contributed by atoms with van der Waals surface area (Å²) in [5.41, 5.74) is 2.39. The van der Waals surface area contributed by atoms with Crippen molar-refractivity contribution in [3.63, 3.8) is 0 Å². The van der Waals surface area contributed by atoms with Crippen molar-refractivity contribution in [2.45, 2.75) is 6.92 Å². The fourth-order valence-corrected chi connectivity index (χ4v) is 2.18. The zero-order valence-electron chi connectivity index (χ0n) is 10.3. The Kier molecular flexibility index (Phi) is 2.76. The largest absolute Gasteiger partial charge is 0.378 e. The maximum atomic E-state index is 12.3. The first-order valence-electron chi connectivity index (χ1n) is 6.07. The minimum Gasteiger partial charge on any atom is -0.378 e. The van der Waals surface area contributed by atoms with Crippen molar-refractivity contribution in [1.29, 1.82) is 0 Å². The average molecular weight is 245 g/mol. The molecule has 2 aromatic heterocycles. The third-order valence-corrected chi connectivity index (χ3v) is 3.21. The summed E-state index contributed by atoms with van der Waals surface area (Å²) in [6, 6.07) is 5.85. The van der Waals surface area contributed by atoms with Gasteiger partial charge in [0.15, 0.2) is 0 Å². The predicted octanol–water partition coefficient (Wildman–Crippen LogP) is 1.12. The van der Waals surface area contributed by atoms with Gasteiger partial charge in [-0.2, -0.15) is 0 Å². The van der Waals surface area contributed by atoms with E-state index in [-0.39, 0.29) is 5.91 Å². The summed E-state index contributed by atoms with van der Waals surface area (Å²) in [5.74, 6) is -0.0126. The molecular weight excluding hydrogens is 230 g/mol. The van der Waals surface area contributed by atoms with Gasteiger partial charge in [-0.25, -0.2) is 4.98 Å². The normalized spacial score (nSPS) is 16.2. The molecule has 5 nitrogen and oxygen atoms in total. The molecule has 1 aliphatic rings. The molecule has 0 unspecified atom stereocenters. The van der Waals surface area contributed by atoms with Crippen LogP contribution in [0.25, 0.3) is 5.65 Å². The molecule has 1 fully saturated rings. The molecule has 0 radical (unpaired) electrons. The number of pyridine rings is 1. The SMILES string of the molecule is Cc1cccc2nc(C(=O)N3CCOCC3)cn12. The van der Waals surface area contributed by atoms with Crippen LogP contribution in [0.1, 0.15) is 16.2 Å². The molecule has 2 aromatic rings. The van der Waals surface area contributed by atoms with Crippen LogP contribution in [-0.2, 0) is 4.74 Å². The topological polar surface area (TPSA) is 46.8 Å². The first-order valence-corrected chi connectivity index (χ1v) is 6.07. The molecule has 0 atom stereocenters. The van der Waals surface area contributed by atoms with Crippen LogP contribution in [0.15, 0.2) is 24.4 Å². The Labute approximate surface area is 105 Å². The Morgan fingerprint density at radius 3 is 2.83 bits per heavy atom. The number of hydrogen-bond acceptors (Lipinski definition) is 3. The summed E-state index contributed by atoms with van der Waals surface area (Å²) < 4.78 is 7.18. The van der Waals surface area contributed by atoms with E-state index in [0.717, 1.165) is 11.3 Å². The molecule has 0 saturated carbocycles. The smallest absolute Gasteiger partial charge is 0.274 e. The van der Waals surface area contributed by atoms with Crippen molar-refractivity contribution in [2.24, 2.45) is 0 Å². The Bertz CT molecular complexity index is 585. The van der Waals surface area contributed by atoms with Gasteiger partial charge in [0.25, 0.3) is 5.91 Å². The maximum Gasteiger partial charge on any atom is 0.274 e. The fraction of sp³-hybridized carbons (Fsp3) is 0.385. The molecule has 0 aromatic carbocycles. The van der Waals surface area contributed by atoms with Gasteiger partial charge in [-0.05, 0) is 19.1 Å². The molecule has 0 bridgehead atoms. The van der Waals surface area contributed by atoms with E-state index in [2.05, 4.69) is 4.98 Å². The van der Waals surface area contributed by atoms with Crippen LogP contribution in [0, 0.1) is 6.92 Å². The second-order valence-corrected chi connectivity index (χ2v) is 4.43. The van der Waals surface area contributed by atoms with Gasteiger partial charge < -0.3 is 14.0 Å². The number of aromatic nitrogens is 2. The quantitative estimate of drug-likeness (QED) is 0.756. The van der Waals surface area contributed by atoms with Gasteiger partial charge >= 0.3 is 0 Å². The first kappa shape index (κ1) is 11.2. The van der Waals surface area contributed by atoms with Crippen molar-refractivity contribution in [3.8, 4) is 0 Å². The summed E-state index contributed by atoms with van der Waals surface area (Å²) in [4.78, 5) is 18.4. The lowest BCUT2D eigenvalue weighted by atomic mass is 10.3. The number of fused-ring (bicyclic) bond motifs is 1. The van der Waals surface area contributed by atoms with Crippen LogP contribution in [0.4, 0.5) is 0 Å². The molecule has 5 heteroatoms. The van der Waals surface area contributed by atoms with Gasteiger partial charge in [0.05, 0.1) is 13.2 Å². The highest BCUT2D eigenvalue weighted by molar-refractivity contribution is 5.93. The Morgan fingerprint density at radius 2 is 2.11 bits per heavy atom. The zero-order valence-corrected chi connectivity index (χ0v) is 10.3. The number of hydrogen-bond donors (Lipinski definition) is 0. The number of carbonyl (C=O) groups excluding carboxylic acids is 1. The van der Waals surface area contributed by atoms with E-state index in [9.17, 15) is 4.79 Å². The average Bonchev–Trinajstić information content (AvgIpc) is 2.84. The molecule has 1 saturated heterocycles. The molecule has 0 aliphatic carbocycles. The zero-order chi connectivity index (χ0) is 12.5. The van der Waals surface area contributed by atoms with Crippen molar-refractivity contribution >= 4 is 11.6 Å². The first-order chi connectivity index (χ1) is 8.75. The summed E-state index contributed by atoms with van der Waals surface area (Å²) in [6.45, 7) is 4.51. The van der Waals surface area contributed by atoms with Crippen LogP contribution in [-0.4, -0.2) is 46.5 Å². The summed E-state index contributed by atoms with van der Waals surface area (Å²) in [7, 11) is 0. The maximum absolute atomic E-state index is 12.3. The van der Waals surface area contributed by atoms with E-state index in [0.29, 0.717) is 32.0 Å². The van der Waals surface area contributed by atoms with Crippen molar-refractivity contribution in [1.82, 2.24) is 14.3 Å². The molecule has 18 heavy (non-hydrogen) atoms. The molecule has 0 N–H and O–H groups in total. The van der Waals surface area contributed by atoms with Crippen LogP contribution < -0.4 is 0 Å². The van der Waals surface area contributed by atoms with Gasteiger partial charge in [0.1, 0.15) is 11.3 Å². The third kappa shape index (κ3) is 1.86. The summed E-state index contributed by atoms with van der Waals surface area (Å²) in [5, 5.41) is 0. The highest BCUT2D eigenvalue weighted by Gasteiger charge is 2.20. The lowest BCUT2D eigenvalue weighted by Gasteiger charge is -2.25. The van der Waals surface area contributed by atoms with Crippen LogP contribution in [0.3, 0.4) is 0 Å². The number of nitrogens with zero attached hydrogens (tertiary/aromatic N) is 3. The van der Waals surface area contributed by atoms with Gasteiger partial charge in [0, 0.05) is 25.0 Å². The number of rotatable bonds is 1. The number of morpholine rings is 1. The second-order valence-electron chi connectivity index (χ2n) is 4.43. The van der Waals surface area contributed by atoms with E-state index in [1.807, 2.05) is 35.7 Å². The molecule has 94 valence electrons. The predicted molar refractivity (Wildman–Crippen MR) is 66.7 cm³/mol. The molecule has 3 rings (SSSR count). The molecule has 0 spiro atoms. The Hall–Kier alpha value is -1.88. The summed E-state index contributed by atoms with van der Waals surface area (Å²) >= 11 is 0. The third-order valence-electron chi connectivity index (χ3n) is 3.21. The minimum absolute atomic E-state index is 0.0126. The second kappa shape index (κ2) is 4.42. The Balaban J connectivity index is 1.94. The summed E-state index contributed by atoms with van der Waals surface area (Å²) in [6.07, 6.45) is 1.81. The van der Waals surface area contributed by atoms with Crippen LogP contribution >= 0.6 is 0 Å². The van der Waals surface area contributed by atoms with Crippen molar-refractivity contribution in [2.75, 3.05) is 26.3 Å². The van der Waals surface area contributed by atoms with Gasteiger partial charge in [-0.3, -0.25) is 4.79 Å². The van der Waals surface area contributed by atoms with E-state index < -0.39 is 0 Å². The standard InChI is InChI=1S/C13H15N3O2/c1-10-3-2-4-12-14-11(9-16(10)12)13(17)15-5-7-18-8-6-15/h2-4,9H,5-8H2,1H3. The van der Waals surface area contributed by atoms with Gasteiger partial charge in [-0.1, -0.05) is 6.07 Å². The number of carbonyl (C=O) groups is 1. The lowest BCUT2D eigenvalue weighted by Crippen LogP contribution is -2.40. The number of ether oxygens (including phenoxy) is 1. The molecular formula is C13H15N3O2. The number of aryl methyl sites for hydroxylation is 1. The highest BCUT2D eigenvalue weighted by Crippen LogP contribution is 2.11. The van der Waals surface area contributed by atoms with Gasteiger partial charge in [-0.15, -0.1) is 0 Å². The highest BCUT2D eigenvalue weighted by atomic mass is 16.5. The monoisotopic (exact) mass is 245 g/mol. The molecule has 1 amide bonds. The van der Waals surface area contributed by atoms with E-state index in [1.165, 1.54) is 0 Å². The van der Waals surface area contributed by atoms with Crippen molar-refractivity contribution in [3.05, 3.63) is 35.8 Å². The van der Waals surface area contributed by atoms with Crippen LogP contribution in [0.2, 0.25) is 0 Å². The fourth-order valence-electron chi connectivity index (χ4n) is 2.18. The molecule has 1 aliphatic heterocycles. The van der Waals surface area contributed by atoms with Crippen LogP contribution in [0.5, 0.6) is 0 Å². The minimum atomic E-state index is -0.0126. The number of amides is 1. The van der Waals surface area contributed by atoms with Crippen molar-refractivity contribution < 1.29 is 9.53 Å².